The summed E-state index contributed by atoms with van der Waals surface area (Å²) >= 11 is 1.31. The fourth-order valence-corrected chi connectivity index (χ4v) is 3.97. The molecular weight excluding hydrogens is 362 g/mol. The van der Waals surface area contributed by atoms with Gasteiger partial charge in [0, 0.05) is 21.2 Å². The normalized spacial score (nSPS) is 12.9. The van der Waals surface area contributed by atoms with E-state index in [-0.39, 0.29) is 5.92 Å². The lowest BCUT2D eigenvalue weighted by Gasteiger charge is -2.16. The van der Waals surface area contributed by atoms with Crippen molar-refractivity contribution < 1.29 is 18.7 Å². The molecule has 0 radical (unpaired) electrons. The average Bonchev–Trinajstić information content (AvgIpc) is 3.28. The van der Waals surface area contributed by atoms with Gasteiger partial charge in [0.05, 0.1) is 12.5 Å². The molecule has 0 fully saturated rings. The first-order valence-corrected chi connectivity index (χ1v) is 9.48. The number of furan rings is 2. The Balaban J connectivity index is 1.65. The van der Waals surface area contributed by atoms with E-state index >= 15 is 0 Å². The van der Waals surface area contributed by atoms with Crippen molar-refractivity contribution in [3.05, 3.63) is 55.0 Å². The minimum Gasteiger partial charge on any atom is -0.480 e. The minimum absolute atomic E-state index is 0.00808. The molecule has 0 aliphatic rings. The Kier molecular flexibility index (Phi) is 4.68. The summed E-state index contributed by atoms with van der Waals surface area (Å²) in [6.45, 7) is 3.76. The summed E-state index contributed by atoms with van der Waals surface area (Å²) in [4.78, 5) is 12.2. The van der Waals surface area contributed by atoms with Gasteiger partial charge in [0.15, 0.2) is 0 Å². The summed E-state index contributed by atoms with van der Waals surface area (Å²) in [6, 6.07) is 13.3. The van der Waals surface area contributed by atoms with Crippen molar-refractivity contribution >= 4 is 39.9 Å². The van der Waals surface area contributed by atoms with E-state index in [1.165, 1.54) is 11.9 Å². The molecule has 2 N–H and O–H groups in total. The number of fused-ring (bicyclic) bond motifs is 3. The van der Waals surface area contributed by atoms with Crippen LogP contribution < -0.4 is 4.72 Å². The van der Waals surface area contributed by atoms with E-state index in [9.17, 15) is 9.90 Å². The highest BCUT2D eigenvalue weighted by molar-refractivity contribution is 7.97. The first kappa shape index (κ1) is 17.7. The van der Waals surface area contributed by atoms with Crippen LogP contribution in [0.2, 0.25) is 0 Å². The predicted octanol–water partition coefficient (Wildman–Crippen LogP) is 5.55. The zero-order valence-electron chi connectivity index (χ0n) is 14.9. The van der Waals surface area contributed by atoms with E-state index in [1.54, 1.807) is 12.5 Å². The third-order valence-electron chi connectivity index (χ3n) is 4.53. The Morgan fingerprint density at radius 2 is 1.89 bits per heavy atom. The molecular formula is C21H19NO4S. The quantitative estimate of drug-likeness (QED) is 0.426. The first-order chi connectivity index (χ1) is 13.0. The molecule has 4 rings (SSSR count). The van der Waals surface area contributed by atoms with Crippen LogP contribution in [0.5, 0.6) is 0 Å². The molecule has 27 heavy (non-hydrogen) atoms. The molecule has 0 aliphatic heterocycles. The Bertz CT molecular complexity index is 1100. The molecule has 6 heteroatoms. The third kappa shape index (κ3) is 3.46. The van der Waals surface area contributed by atoms with Gasteiger partial charge < -0.3 is 13.9 Å². The van der Waals surface area contributed by atoms with Crippen molar-refractivity contribution in [2.45, 2.75) is 24.8 Å². The second kappa shape index (κ2) is 7.13. The lowest BCUT2D eigenvalue weighted by atomic mass is 10.1. The lowest BCUT2D eigenvalue weighted by Crippen LogP contribution is -2.36. The minimum atomic E-state index is -0.853. The Labute approximate surface area is 160 Å². The van der Waals surface area contributed by atoms with Crippen LogP contribution in [0.3, 0.4) is 0 Å². The maximum atomic E-state index is 11.3. The Morgan fingerprint density at radius 3 is 2.59 bits per heavy atom. The molecule has 0 aliphatic carbocycles. The van der Waals surface area contributed by atoms with Crippen molar-refractivity contribution in [3.8, 4) is 11.1 Å². The maximum Gasteiger partial charge on any atom is 0.321 e. The molecule has 0 unspecified atom stereocenters. The highest BCUT2D eigenvalue weighted by Gasteiger charge is 2.21. The summed E-state index contributed by atoms with van der Waals surface area (Å²) in [6.07, 6.45) is 3.38. The van der Waals surface area contributed by atoms with Crippen LogP contribution in [0.15, 0.2) is 68.7 Å². The van der Waals surface area contributed by atoms with Gasteiger partial charge in [-0.3, -0.25) is 4.79 Å². The average molecular weight is 381 g/mol. The van der Waals surface area contributed by atoms with Gasteiger partial charge in [-0.15, -0.1) is 0 Å². The van der Waals surface area contributed by atoms with Gasteiger partial charge in [-0.1, -0.05) is 19.9 Å². The van der Waals surface area contributed by atoms with Crippen LogP contribution in [0.1, 0.15) is 13.8 Å². The fourth-order valence-electron chi connectivity index (χ4n) is 3.03. The molecule has 0 amide bonds. The van der Waals surface area contributed by atoms with Crippen molar-refractivity contribution in [3.63, 3.8) is 0 Å². The van der Waals surface area contributed by atoms with Crippen molar-refractivity contribution in [1.82, 2.24) is 4.72 Å². The van der Waals surface area contributed by atoms with Crippen LogP contribution >= 0.6 is 11.9 Å². The molecule has 2 heterocycles. The van der Waals surface area contributed by atoms with Gasteiger partial charge in [0.2, 0.25) is 0 Å². The SMILES string of the molecule is CC(C)[C@H](NSc1ccc2c(c1)oc1ccc(-c3ccoc3)cc12)C(=O)O. The van der Waals surface area contributed by atoms with E-state index in [2.05, 4.69) is 10.8 Å². The van der Waals surface area contributed by atoms with Crippen LogP contribution in [0.25, 0.3) is 33.1 Å². The standard InChI is InChI=1S/C21H19NO4S/c1-12(2)20(21(23)24)22-27-15-4-5-16-17-9-13(14-7-8-25-11-14)3-6-18(17)26-19(16)10-15/h3-12,20,22H,1-2H3,(H,23,24)/t20-/m0/s1. The van der Waals surface area contributed by atoms with Gasteiger partial charge >= 0.3 is 5.97 Å². The van der Waals surface area contributed by atoms with E-state index in [0.717, 1.165) is 38.0 Å². The number of aliphatic carboxylic acids is 1. The van der Waals surface area contributed by atoms with Gasteiger partial charge in [-0.2, -0.15) is 0 Å². The second-order valence-electron chi connectivity index (χ2n) is 6.76. The summed E-state index contributed by atoms with van der Waals surface area (Å²) in [7, 11) is 0. The van der Waals surface area contributed by atoms with Crippen molar-refractivity contribution in [1.29, 1.82) is 0 Å². The Hall–Kier alpha value is -2.70. The molecule has 4 aromatic rings. The number of carboxylic acid groups (broad SMARTS) is 1. The molecule has 0 saturated carbocycles. The molecule has 0 spiro atoms. The third-order valence-corrected chi connectivity index (χ3v) is 5.40. The number of carboxylic acids is 1. The zero-order chi connectivity index (χ0) is 19.0. The maximum absolute atomic E-state index is 11.3. The molecule has 2 aromatic heterocycles. The lowest BCUT2D eigenvalue weighted by molar-refractivity contribution is -0.139. The number of hydrogen-bond donors (Lipinski definition) is 2. The summed E-state index contributed by atoms with van der Waals surface area (Å²) in [5.41, 5.74) is 3.69. The Morgan fingerprint density at radius 1 is 1.04 bits per heavy atom. The van der Waals surface area contributed by atoms with Gasteiger partial charge in [0.25, 0.3) is 0 Å². The topological polar surface area (TPSA) is 75.6 Å². The highest BCUT2D eigenvalue weighted by Crippen LogP contribution is 2.34. The van der Waals surface area contributed by atoms with Crippen molar-refractivity contribution in [2.24, 2.45) is 5.92 Å². The largest absolute Gasteiger partial charge is 0.480 e. The van der Waals surface area contributed by atoms with E-state index in [0.29, 0.717) is 0 Å². The molecule has 5 nitrogen and oxygen atoms in total. The summed E-state index contributed by atoms with van der Waals surface area (Å²) in [5.74, 6) is -0.861. The van der Waals surface area contributed by atoms with Gasteiger partial charge in [-0.25, -0.2) is 4.72 Å². The van der Waals surface area contributed by atoms with Gasteiger partial charge in [0.1, 0.15) is 17.2 Å². The number of nitrogens with one attached hydrogen (secondary N) is 1. The smallest absolute Gasteiger partial charge is 0.321 e. The monoisotopic (exact) mass is 381 g/mol. The number of hydrogen-bond acceptors (Lipinski definition) is 5. The van der Waals surface area contributed by atoms with Crippen LogP contribution in [0, 0.1) is 5.92 Å². The summed E-state index contributed by atoms with van der Waals surface area (Å²) in [5, 5.41) is 11.4. The predicted molar refractivity (Wildman–Crippen MR) is 107 cm³/mol. The second-order valence-corrected chi connectivity index (χ2v) is 7.67. The van der Waals surface area contributed by atoms with E-state index in [4.69, 9.17) is 8.83 Å². The van der Waals surface area contributed by atoms with Crippen molar-refractivity contribution in [2.75, 3.05) is 0 Å². The number of carbonyl (C=O) groups is 1. The van der Waals surface area contributed by atoms with E-state index in [1.807, 2.05) is 50.2 Å². The zero-order valence-corrected chi connectivity index (χ0v) is 15.7. The number of rotatable bonds is 6. The molecule has 0 saturated heterocycles. The van der Waals surface area contributed by atoms with Crippen LogP contribution in [-0.4, -0.2) is 17.1 Å². The first-order valence-electron chi connectivity index (χ1n) is 8.67. The molecule has 1 atom stereocenters. The fraction of sp³-hybridized carbons (Fsp3) is 0.190. The van der Waals surface area contributed by atoms with E-state index < -0.39 is 12.0 Å². The molecule has 138 valence electrons. The summed E-state index contributed by atoms with van der Waals surface area (Å²) < 4.78 is 14.2. The van der Waals surface area contributed by atoms with Crippen LogP contribution in [0.4, 0.5) is 0 Å². The highest BCUT2D eigenvalue weighted by atomic mass is 32.2. The number of benzene rings is 2. The van der Waals surface area contributed by atoms with Gasteiger partial charge in [-0.05, 0) is 59.8 Å². The molecule has 2 aromatic carbocycles. The van der Waals surface area contributed by atoms with Crippen LogP contribution in [-0.2, 0) is 4.79 Å². The molecule has 0 bridgehead atoms.